The van der Waals surface area contributed by atoms with E-state index < -0.39 is 11.8 Å². The molecule has 0 aromatic heterocycles. The maximum absolute atomic E-state index is 13.5. The molecule has 3 rings (SSSR count). The van der Waals surface area contributed by atoms with Gasteiger partial charge in [-0.3, -0.25) is 4.79 Å². The summed E-state index contributed by atoms with van der Waals surface area (Å²) in [7, 11) is 0. The van der Waals surface area contributed by atoms with Gasteiger partial charge in [0, 0.05) is 23.2 Å². The van der Waals surface area contributed by atoms with Gasteiger partial charge in [-0.25, -0.2) is 8.78 Å². The van der Waals surface area contributed by atoms with Crippen LogP contribution in [0.5, 0.6) is 0 Å². The highest BCUT2D eigenvalue weighted by molar-refractivity contribution is 9.10. The number of amides is 1. The molecule has 1 unspecified atom stereocenters. The van der Waals surface area contributed by atoms with Crippen LogP contribution >= 0.6 is 15.9 Å². The average Bonchev–Trinajstić information content (AvgIpc) is 2.41. The first-order valence-corrected chi connectivity index (χ1v) is 8.65. The Morgan fingerprint density at radius 3 is 2.59 bits per heavy atom. The van der Waals surface area contributed by atoms with Crippen LogP contribution in [0.1, 0.15) is 50.5 Å². The van der Waals surface area contributed by atoms with E-state index >= 15 is 0 Å². The van der Waals surface area contributed by atoms with E-state index in [0.29, 0.717) is 12.8 Å². The highest BCUT2D eigenvalue weighted by atomic mass is 79.9. The van der Waals surface area contributed by atoms with E-state index in [1.807, 2.05) is 24.3 Å². The number of alkyl halides is 2. The smallest absolute Gasteiger partial charge is 0.248 e. The van der Waals surface area contributed by atoms with E-state index in [9.17, 15) is 13.6 Å². The lowest BCUT2D eigenvalue weighted by Crippen LogP contribution is -2.53. The monoisotopic (exact) mass is 371 g/mol. The predicted octanol–water partition coefficient (Wildman–Crippen LogP) is 4.77. The topological polar surface area (TPSA) is 29.1 Å². The van der Waals surface area contributed by atoms with Crippen LogP contribution in [0, 0.1) is 5.92 Å². The van der Waals surface area contributed by atoms with Gasteiger partial charge in [0.15, 0.2) is 0 Å². The maximum atomic E-state index is 13.5. The number of rotatable bonds is 3. The summed E-state index contributed by atoms with van der Waals surface area (Å²) in [5.74, 6) is -3.46. The van der Waals surface area contributed by atoms with Crippen molar-refractivity contribution in [1.82, 2.24) is 5.32 Å². The van der Waals surface area contributed by atoms with Crippen molar-refractivity contribution < 1.29 is 13.6 Å². The molecule has 0 aliphatic heterocycles. The molecule has 0 bridgehead atoms. The minimum absolute atomic E-state index is 0.0897. The van der Waals surface area contributed by atoms with Crippen LogP contribution in [-0.2, 0) is 10.3 Å². The van der Waals surface area contributed by atoms with Gasteiger partial charge in [0.25, 0.3) is 0 Å². The Morgan fingerprint density at radius 1 is 1.23 bits per heavy atom. The molecule has 2 fully saturated rings. The van der Waals surface area contributed by atoms with Gasteiger partial charge in [-0.15, -0.1) is 0 Å². The number of carbonyl (C=O) groups is 1. The van der Waals surface area contributed by atoms with E-state index in [-0.39, 0.29) is 24.3 Å². The van der Waals surface area contributed by atoms with Crippen molar-refractivity contribution in [3.63, 3.8) is 0 Å². The fourth-order valence-corrected chi connectivity index (χ4v) is 3.93. The van der Waals surface area contributed by atoms with E-state index in [1.165, 1.54) is 0 Å². The Balaban J connectivity index is 1.74. The molecule has 0 spiro atoms. The number of hydrogen-bond donors (Lipinski definition) is 1. The Kier molecular flexibility index (Phi) is 4.27. The zero-order chi connectivity index (χ0) is 15.8. The molecule has 2 saturated carbocycles. The third-order valence-corrected chi connectivity index (χ3v) is 5.45. The first-order chi connectivity index (χ1) is 10.4. The third-order valence-electron chi connectivity index (χ3n) is 4.96. The Bertz CT molecular complexity index is 572. The van der Waals surface area contributed by atoms with Crippen LogP contribution in [0.15, 0.2) is 28.7 Å². The van der Waals surface area contributed by atoms with Gasteiger partial charge in [-0.05, 0) is 49.8 Å². The lowest BCUT2D eigenvalue weighted by Gasteiger charge is -2.44. The van der Waals surface area contributed by atoms with Crippen molar-refractivity contribution in [1.29, 1.82) is 0 Å². The molecule has 5 heteroatoms. The van der Waals surface area contributed by atoms with Gasteiger partial charge in [0.05, 0.1) is 5.54 Å². The first kappa shape index (κ1) is 15.9. The van der Waals surface area contributed by atoms with Gasteiger partial charge >= 0.3 is 0 Å². The van der Waals surface area contributed by atoms with Crippen LogP contribution in [0.25, 0.3) is 0 Å². The number of nitrogens with one attached hydrogen (secondary N) is 1. The molecule has 1 aromatic rings. The first-order valence-electron chi connectivity index (χ1n) is 7.86. The van der Waals surface area contributed by atoms with Crippen LogP contribution in [0.3, 0.4) is 0 Å². The third kappa shape index (κ3) is 3.19. The SMILES string of the molecule is O=C(NC1(c2cccc(Br)c2)CCC1)C1CCCC(F)(F)C1. The fourth-order valence-electron chi connectivity index (χ4n) is 3.54. The average molecular weight is 372 g/mol. The summed E-state index contributed by atoms with van der Waals surface area (Å²) in [4.78, 5) is 12.5. The molecule has 1 atom stereocenters. The Hall–Kier alpha value is -0.970. The van der Waals surface area contributed by atoms with E-state index in [1.54, 1.807) is 0 Å². The summed E-state index contributed by atoms with van der Waals surface area (Å²) in [6.07, 6.45) is 3.39. The zero-order valence-electron chi connectivity index (χ0n) is 12.4. The Labute approximate surface area is 137 Å². The predicted molar refractivity (Wildman–Crippen MR) is 84.7 cm³/mol. The number of carbonyl (C=O) groups excluding carboxylic acids is 1. The van der Waals surface area contributed by atoms with Crippen molar-refractivity contribution in [2.75, 3.05) is 0 Å². The van der Waals surface area contributed by atoms with Crippen LogP contribution in [0.4, 0.5) is 8.78 Å². The summed E-state index contributed by atoms with van der Waals surface area (Å²) in [6, 6.07) is 7.90. The van der Waals surface area contributed by atoms with Crippen molar-refractivity contribution >= 4 is 21.8 Å². The summed E-state index contributed by atoms with van der Waals surface area (Å²) in [5, 5.41) is 3.09. The summed E-state index contributed by atoms with van der Waals surface area (Å²) < 4.78 is 28.0. The van der Waals surface area contributed by atoms with Gasteiger partial charge in [0.1, 0.15) is 0 Å². The number of benzene rings is 1. The number of hydrogen-bond acceptors (Lipinski definition) is 1. The molecule has 120 valence electrons. The quantitative estimate of drug-likeness (QED) is 0.814. The molecular formula is C17H20BrF2NO. The van der Waals surface area contributed by atoms with Crippen LogP contribution in [-0.4, -0.2) is 11.8 Å². The second-order valence-electron chi connectivity index (χ2n) is 6.58. The molecule has 0 radical (unpaired) electrons. The van der Waals surface area contributed by atoms with Gasteiger partial charge in [-0.2, -0.15) is 0 Å². The molecule has 1 aromatic carbocycles. The largest absolute Gasteiger partial charge is 0.346 e. The van der Waals surface area contributed by atoms with E-state index in [0.717, 1.165) is 29.3 Å². The highest BCUT2D eigenvalue weighted by Gasteiger charge is 2.44. The van der Waals surface area contributed by atoms with Crippen molar-refractivity contribution in [2.24, 2.45) is 5.92 Å². The van der Waals surface area contributed by atoms with Crippen molar-refractivity contribution in [3.05, 3.63) is 34.3 Å². The lowest BCUT2D eigenvalue weighted by atomic mass is 9.71. The van der Waals surface area contributed by atoms with Crippen LogP contribution in [0.2, 0.25) is 0 Å². The molecule has 22 heavy (non-hydrogen) atoms. The molecule has 1 amide bonds. The molecule has 2 aliphatic carbocycles. The molecule has 0 saturated heterocycles. The Morgan fingerprint density at radius 2 is 2.00 bits per heavy atom. The summed E-state index contributed by atoms with van der Waals surface area (Å²) >= 11 is 3.45. The minimum Gasteiger partial charge on any atom is -0.346 e. The summed E-state index contributed by atoms with van der Waals surface area (Å²) in [5.41, 5.74) is 0.692. The number of halogens is 3. The van der Waals surface area contributed by atoms with Crippen LogP contribution < -0.4 is 5.32 Å². The van der Waals surface area contributed by atoms with Gasteiger partial charge < -0.3 is 5.32 Å². The van der Waals surface area contributed by atoms with Crippen molar-refractivity contribution in [2.45, 2.75) is 56.4 Å². The summed E-state index contributed by atoms with van der Waals surface area (Å²) in [6.45, 7) is 0. The fraction of sp³-hybridized carbons (Fsp3) is 0.588. The van der Waals surface area contributed by atoms with E-state index in [4.69, 9.17) is 0 Å². The molecule has 1 N–H and O–H groups in total. The minimum atomic E-state index is -2.69. The highest BCUT2D eigenvalue weighted by Crippen LogP contribution is 2.43. The molecular weight excluding hydrogens is 352 g/mol. The maximum Gasteiger partial charge on any atom is 0.248 e. The van der Waals surface area contributed by atoms with Gasteiger partial charge in [0.2, 0.25) is 11.8 Å². The van der Waals surface area contributed by atoms with Gasteiger partial charge in [-0.1, -0.05) is 28.1 Å². The molecule has 2 nitrogen and oxygen atoms in total. The second-order valence-corrected chi connectivity index (χ2v) is 7.50. The molecule has 2 aliphatic rings. The zero-order valence-corrected chi connectivity index (χ0v) is 14.0. The lowest BCUT2D eigenvalue weighted by molar-refractivity contribution is -0.135. The normalized spacial score (nSPS) is 26.0. The standard InChI is InChI=1S/C17H20BrF2NO/c18-14-6-1-5-13(10-14)16(7-3-8-16)21-15(22)12-4-2-9-17(19,20)11-12/h1,5-6,10,12H,2-4,7-9,11H2,(H,21,22). The van der Waals surface area contributed by atoms with E-state index in [2.05, 4.69) is 21.2 Å². The van der Waals surface area contributed by atoms with Crippen molar-refractivity contribution in [3.8, 4) is 0 Å². The molecule has 0 heterocycles. The second kappa shape index (κ2) is 5.91.